The van der Waals surface area contributed by atoms with Crippen molar-refractivity contribution < 1.29 is 28.6 Å². The Morgan fingerprint density at radius 1 is 0.842 bits per heavy atom. The van der Waals surface area contributed by atoms with Gasteiger partial charge in [0.15, 0.2) is 11.5 Å². The van der Waals surface area contributed by atoms with Gasteiger partial charge in [0.1, 0.15) is 24.5 Å². The van der Waals surface area contributed by atoms with E-state index in [1.165, 1.54) is 11.6 Å². The number of aryl methyl sites for hydroxylation is 2. The Kier molecular flexibility index (Phi) is 8.48. The number of barbiturate groups is 1. The number of anilines is 1. The third-order valence-corrected chi connectivity index (χ3v) is 6.22. The number of rotatable bonds is 9. The third-order valence-electron chi connectivity index (χ3n) is 5.69. The fraction of sp³-hybridized carbons (Fsp3) is 0.207. The first-order valence-electron chi connectivity index (χ1n) is 12.0. The molecule has 1 heterocycles. The zero-order valence-electron chi connectivity index (χ0n) is 21.2. The molecule has 0 unspecified atom stereocenters. The molecule has 0 aliphatic carbocycles. The summed E-state index contributed by atoms with van der Waals surface area (Å²) in [5.41, 5.74) is 2.93. The molecule has 0 saturated carbocycles. The number of amides is 4. The van der Waals surface area contributed by atoms with Gasteiger partial charge in [0, 0.05) is 4.47 Å². The van der Waals surface area contributed by atoms with E-state index in [0.29, 0.717) is 42.6 Å². The Morgan fingerprint density at radius 3 is 2.21 bits per heavy atom. The molecule has 1 aliphatic heterocycles. The predicted octanol–water partition coefficient (Wildman–Crippen LogP) is 5.59. The van der Waals surface area contributed by atoms with Gasteiger partial charge in [-0.25, -0.2) is 9.69 Å². The molecule has 9 heteroatoms. The van der Waals surface area contributed by atoms with Crippen molar-refractivity contribution in [3.8, 4) is 17.2 Å². The summed E-state index contributed by atoms with van der Waals surface area (Å²) in [5, 5.41) is 2.23. The number of hydrogen-bond donors (Lipinski definition) is 1. The van der Waals surface area contributed by atoms with Gasteiger partial charge in [0.05, 0.1) is 12.3 Å². The molecule has 0 radical (unpaired) electrons. The van der Waals surface area contributed by atoms with Crippen LogP contribution in [0.4, 0.5) is 10.5 Å². The number of hydrogen-bond acceptors (Lipinski definition) is 6. The van der Waals surface area contributed by atoms with Gasteiger partial charge in [-0.2, -0.15) is 0 Å². The van der Waals surface area contributed by atoms with Crippen molar-refractivity contribution in [1.82, 2.24) is 5.32 Å². The molecule has 4 rings (SSSR count). The molecule has 38 heavy (non-hydrogen) atoms. The number of nitrogens with one attached hydrogen (secondary N) is 1. The highest BCUT2D eigenvalue weighted by molar-refractivity contribution is 9.10. The largest absolute Gasteiger partial charge is 0.490 e. The summed E-state index contributed by atoms with van der Waals surface area (Å²) in [4.78, 5) is 39.0. The molecular formula is C29H27BrN2O6. The maximum atomic E-state index is 13.1. The van der Waals surface area contributed by atoms with Crippen LogP contribution in [0.25, 0.3) is 6.08 Å². The molecule has 1 aliphatic rings. The van der Waals surface area contributed by atoms with Crippen LogP contribution in [-0.2, 0) is 9.59 Å². The Labute approximate surface area is 229 Å². The van der Waals surface area contributed by atoms with Gasteiger partial charge in [-0.1, -0.05) is 39.7 Å². The van der Waals surface area contributed by atoms with Crippen molar-refractivity contribution in [2.45, 2.75) is 20.8 Å². The monoisotopic (exact) mass is 578 g/mol. The highest BCUT2D eigenvalue weighted by atomic mass is 79.9. The van der Waals surface area contributed by atoms with Crippen LogP contribution in [-0.4, -0.2) is 37.7 Å². The van der Waals surface area contributed by atoms with E-state index in [0.717, 1.165) is 20.7 Å². The van der Waals surface area contributed by atoms with E-state index in [2.05, 4.69) is 27.3 Å². The minimum Gasteiger partial charge on any atom is -0.490 e. The van der Waals surface area contributed by atoms with E-state index in [4.69, 9.17) is 14.2 Å². The number of imide groups is 2. The molecular weight excluding hydrogens is 552 g/mol. The van der Waals surface area contributed by atoms with Gasteiger partial charge >= 0.3 is 6.03 Å². The third kappa shape index (κ3) is 6.23. The number of halogens is 1. The first-order chi connectivity index (χ1) is 18.3. The number of carbonyl (C=O) groups excluding carboxylic acids is 3. The van der Waals surface area contributed by atoms with Crippen LogP contribution in [0.2, 0.25) is 0 Å². The topological polar surface area (TPSA) is 94.2 Å². The molecule has 3 aromatic rings. The van der Waals surface area contributed by atoms with E-state index in [9.17, 15) is 14.4 Å². The van der Waals surface area contributed by atoms with Gasteiger partial charge < -0.3 is 14.2 Å². The van der Waals surface area contributed by atoms with Gasteiger partial charge in [0.2, 0.25) is 0 Å². The first-order valence-corrected chi connectivity index (χ1v) is 12.8. The number of ether oxygens (including phenoxy) is 3. The fourth-order valence-electron chi connectivity index (χ4n) is 3.92. The second kappa shape index (κ2) is 12.0. The smallest absolute Gasteiger partial charge is 0.335 e. The number of nitrogens with zero attached hydrogens (tertiary/aromatic N) is 1. The fourth-order valence-corrected chi connectivity index (χ4v) is 4.18. The lowest BCUT2D eigenvalue weighted by molar-refractivity contribution is -0.122. The van der Waals surface area contributed by atoms with Crippen molar-refractivity contribution in [2.75, 3.05) is 24.7 Å². The molecule has 0 bridgehead atoms. The van der Waals surface area contributed by atoms with Crippen molar-refractivity contribution in [3.63, 3.8) is 0 Å². The molecule has 0 spiro atoms. The van der Waals surface area contributed by atoms with Crippen molar-refractivity contribution in [3.05, 3.63) is 87.4 Å². The summed E-state index contributed by atoms with van der Waals surface area (Å²) in [6.07, 6.45) is 1.42. The van der Waals surface area contributed by atoms with E-state index < -0.39 is 17.8 Å². The Morgan fingerprint density at radius 2 is 1.53 bits per heavy atom. The maximum Gasteiger partial charge on any atom is 0.335 e. The van der Waals surface area contributed by atoms with E-state index in [1.54, 1.807) is 42.5 Å². The summed E-state index contributed by atoms with van der Waals surface area (Å²) < 4.78 is 18.2. The van der Waals surface area contributed by atoms with Crippen molar-refractivity contribution >= 4 is 45.5 Å². The number of benzene rings is 3. The predicted molar refractivity (Wildman–Crippen MR) is 148 cm³/mol. The molecule has 3 aromatic carbocycles. The zero-order chi connectivity index (χ0) is 27.2. The summed E-state index contributed by atoms with van der Waals surface area (Å²) in [6.45, 7) is 6.89. The summed E-state index contributed by atoms with van der Waals surface area (Å²) in [7, 11) is 0. The quantitative estimate of drug-likeness (QED) is 0.202. The van der Waals surface area contributed by atoms with E-state index in [1.807, 2.05) is 32.9 Å². The van der Waals surface area contributed by atoms with Gasteiger partial charge in [-0.3, -0.25) is 14.9 Å². The highest BCUT2D eigenvalue weighted by Gasteiger charge is 2.36. The molecule has 1 saturated heterocycles. The minimum atomic E-state index is -0.804. The molecule has 0 aromatic heterocycles. The summed E-state index contributed by atoms with van der Waals surface area (Å²) in [5.74, 6) is 0.276. The van der Waals surface area contributed by atoms with Gasteiger partial charge in [0.25, 0.3) is 11.8 Å². The first kappa shape index (κ1) is 26.9. The van der Waals surface area contributed by atoms with Crippen LogP contribution in [0.15, 0.2) is 70.7 Å². The minimum absolute atomic E-state index is 0.175. The van der Waals surface area contributed by atoms with E-state index >= 15 is 0 Å². The second-order valence-corrected chi connectivity index (χ2v) is 9.46. The second-order valence-electron chi connectivity index (χ2n) is 8.54. The van der Waals surface area contributed by atoms with Crippen LogP contribution in [0, 0.1) is 13.8 Å². The normalized spacial score (nSPS) is 14.5. The summed E-state index contributed by atoms with van der Waals surface area (Å²) in [6, 6.07) is 16.9. The zero-order valence-corrected chi connectivity index (χ0v) is 22.8. The maximum absolute atomic E-state index is 13.1. The van der Waals surface area contributed by atoms with Gasteiger partial charge in [-0.05, 0) is 80.4 Å². The molecule has 1 N–H and O–H groups in total. The van der Waals surface area contributed by atoms with Crippen LogP contribution >= 0.6 is 15.9 Å². The standard InChI is InChI=1S/C29H27BrN2O6/c1-4-36-26-17-20(6-12-25(26)38-14-13-37-24-11-5-18(2)15-19(24)3)16-23-27(33)31-29(35)32(28(23)34)22-9-7-21(30)8-10-22/h5-12,15-17H,4,13-14H2,1-3H3,(H,31,33,35). The van der Waals surface area contributed by atoms with Crippen molar-refractivity contribution in [2.24, 2.45) is 0 Å². The number of carbonyl (C=O) groups is 3. The highest BCUT2D eigenvalue weighted by Crippen LogP contribution is 2.30. The Balaban J connectivity index is 1.50. The average molecular weight is 579 g/mol. The van der Waals surface area contributed by atoms with Gasteiger partial charge in [-0.15, -0.1) is 0 Å². The van der Waals surface area contributed by atoms with Crippen LogP contribution in [0.3, 0.4) is 0 Å². The Bertz CT molecular complexity index is 1400. The molecule has 4 amide bonds. The average Bonchev–Trinajstić information content (AvgIpc) is 2.87. The van der Waals surface area contributed by atoms with Crippen LogP contribution < -0.4 is 24.4 Å². The lowest BCUT2D eigenvalue weighted by Gasteiger charge is -2.26. The molecule has 0 atom stereocenters. The van der Waals surface area contributed by atoms with Crippen LogP contribution in [0.5, 0.6) is 17.2 Å². The molecule has 1 fully saturated rings. The molecule has 196 valence electrons. The van der Waals surface area contributed by atoms with Crippen LogP contribution in [0.1, 0.15) is 23.6 Å². The van der Waals surface area contributed by atoms with E-state index in [-0.39, 0.29) is 5.57 Å². The molecule has 8 nitrogen and oxygen atoms in total. The number of urea groups is 1. The lowest BCUT2D eigenvalue weighted by Crippen LogP contribution is -2.54. The Hall–Kier alpha value is -4.11. The summed E-state index contributed by atoms with van der Waals surface area (Å²) >= 11 is 3.33. The SMILES string of the molecule is CCOc1cc(C=C2C(=O)NC(=O)N(c3ccc(Br)cc3)C2=O)ccc1OCCOc1ccc(C)cc1C. The van der Waals surface area contributed by atoms with Crippen molar-refractivity contribution in [1.29, 1.82) is 0 Å². The lowest BCUT2D eigenvalue weighted by atomic mass is 10.1.